The van der Waals surface area contributed by atoms with Crippen LogP contribution in [0.25, 0.3) is 0 Å². The van der Waals surface area contributed by atoms with Crippen LogP contribution < -0.4 is 0 Å². The monoisotopic (exact) mass is 194 g/mol. The van der Waals surface area contributed by atoms with Crippen molar-refractivity contribution in [2.75, 3.05) is 13.2 Å². The smallest absolute Gasteiger partial charge is 0.128 e. The quantitative estimate of drug-likeness (QED) is 0.661. The maximum absolute atomic E-state index is 11.0. The van der Waals surface area contributed by atoms with E-state index in [4.69, 9.17) is 4.74 Å². The molecule has 14 heavy (non-hydrogen) atoms. The highest BCUT2D eigenvalue weighted by Crippen LogP contribution is 2.29. The molecule has 0 aromatic carbocycles. The molecule has 0 amide bonds. The van der Waals surface area contributed by atoms with Crippen molar-refractivity contribution in [1.29, 1.82) is 0 Å². The first-order valence-electron chi connectivity index (χ1n) is 4.77. The Hall–Kier alpha value is -1.16. The minimum atomic E-state index is -0.325. The van der Waals surface area contributed by atoms with Crippen LogP contribution in [0.4, 0.5) is 0 Å². The fraction of sp³-hybridized carbons (Fsp3) is 0.600. The van der Waals surface area contributed by atoms with Crippen molar-refractivity contribution < 1.29 is 9.53 Å². The summed E-state index contributed by atoms with van der Waals surface area (Å²) < 4.78 is 7.02. The first kappa shape index (κ1) is 9.40. The van der Waals surface area contributed by atoms with Crippen molar-refractivity contribution in [3.8, 4) is 0 Å². The molecule has 2 rings (SSSR count). The van der Waals surface area contributed by atoms with Crippen LogP contribution in [0.15, 0.2) is 12.3 Å². The average molecular weight is 194 g/mol. The molecule has 0 aliphatic carbocycles. The fourth-order valence-electron chi connectivity index (χ4n) is 1.82. The molecule has 1 aliphatic rings. The SMILES string of the molecule is Cn1ccc(CC2(C=O)CCOC2)n1. The Kier molecular flexibility index (Phi) is 2.37. The van der Waals surface area contributed by atoms with Gasteiger partial charge in [0.15, 0.2) is 0 Å². The average Bonchev–Trinajstić information content (AvgIpc) is 2.77. The number of aromatic nitrogens is 2. The van der Waals surface area contributed by atoms with Crippen LogP contribution in [0.2, 0.25) is 0 Å². The summed E-state index contributed by atoms with van der Waals surface area (Å²) >= 11 is 0. The van der Waals surface area contributed by atoms with E-state index in [1.165, 1.54) is 0 Å². The van der Waals surface area contributed by atoms with Gasteiger partial charge in [0.2, 0.25) is 0 Å². The summed E-state index contributed by atoms with van der Waals surface area (Å²) in [5.41, 5.74) is 0.638. The van der Waals surface area contributed by atoms with Crippen LogP contribution in [0, 0.1) is 5.41 Å². The molecule has 1 aliphatic heterocycles. The second-order valence-electron chi connectivity index (χ2n) is 3.94. The highest BCUT2D eigenvalue weighted by atomic mass is 16.5. The van der Waals surface area contributed by atoms with Crippen molar-refractivity contribution >= 4 is 6.29 Å². The van der Waals surface area contributed by atoms with Gasteiger partial charge in [-0.15, -0.1) is 0 Å². The molecule has 76 valence electrons. The third-order valence-electron chi connectivity index (χ3n) is 2.69. The van der Waals surface area contributed by atoms with Gasteiger partial charge in [0, 0.05) is 26.3 Å². The summed E-state index contributed by atoms with van der Waals surface area (Å²) in [7, 11) is 1.88. The second kappa shape index (κ2) is 3.53. The number of rotatable bonds is 3. The van der Waals surface area contributed by atoms with Gasteiger partial charge >= 0.3 is 0 Å². The lowest BCUT2D eigenvalue weighted by Gasteiger charge is -2.17. The summed E-state index contributed by atoms with van der Waals surface area (Å²) in [6.45, 7) is 1.22. The van der Waals surface area contributed by atoms with Crippen LogP contribution in [0.3, 0.4) is 0 Å². The standard InChI is InChI=1S/C10H14N2O2/c1-12-4-2-9(11-12)6-10(7-13)3-5-14-8-10/h2,4,7H,3,5-6,8H2,1H3. The van der Waals surface area contributed by atoms with E-state index in [1.807, 2.05) is 19.3 Å². The number of carbonyl (C=O) groups is 1. The number of carbonyl (C=O) groups excluding carboxylic acids is 1. The summed E-state index contributed by atoms with van der Waals surface area (Å²) in [6, 6.07) is 1.95. The van der Waals surface area contributed by atoms with E-state index in [-0.39, 0.29) is 5.41 Å². The molecular formula is C10H14N2O2. The lowest BCUT2D eigenvalue weighted by molar-refractivity contribution is -0.116. The maximum Gasteiger partial charge on any atom is 0.128 e. The van der Waals surface area contributed by atoms with E-state index in [9.17, 15) is 4.79 Å². The van der Waals surface area contributed by atoms with E-state index in [0.29, 0.717) is 19.6 Å². The molecule has 0 radical (unpaired) electrons. The number of ether oxygens (including phenoxy) is 1. The van der Waals surface area contributed by atoms with Crippen molar-refractivity contribution in [2.24, 2.45) is 12.5 Å². The summed E-state index contributed by atoms with van der Waals surface area (Å²) in [5, 5.41) is 4.27. The molecule has 1 saturated heterocycles. The Morgan fingerprint density at radius 3 is 3.14 bits per heavy atom. The minimum absolute atomic E-state index is 0.325. The minimum Gasteiger partial charge on any atom is -0.380 e. The Bertz CT molecular complexity index is 327. The van der Waals surface area contributed by atoms with Crippen LogP contribution in [-0.2, 0) is 23.0 Å². The van der Waals surface area contributed by atoms with Gasteiger partial charge in [0.1, 0.15) is 6.29 Å². The normalized spacial score (nSPS) is 26.6. The number of aryl methyl sites for hydroxylation is 1. The highest BCUT2D eigenvalue weighted by Gasteiger charge is 2.35. The Labute approximate surface area is 82.9 Å². The van der Waals surface area contributed by atoms with Crippen molar-refractivity contribution in [2.45, 2.75) is 12.8 Å². The molecule has 1 unspecified atom stereocenters. The fourth-order valence-corrected chi connectivity index (χ4v) is 1.82. The predicted octanol–water partition coefficient (Wildman–Crippen LogP) is 0.568. The van der Waals surface area contributed by atoms with Gasteiger partial charge in [-0.2, -0.15) is 5.10 Å². The zero-order valence-corrected chi connectivity index (χ0v) is 8.27. The predicted molar refractivity (Wildman–Crippen MR) is 50.8 cm³/mol. The van der Waals surface area contributed by atoms with Gasteiger partial charge in [-0.3, -0.25) is 4.68 Å². The number of nitrogens with zero attached hydrogens (tertiary/aromatic N) is 2. The number of hydrogen-bond donors (Lipinski definition) is 0. The number of aldehydes is 1. The van der Waals surface area contributed by atoms with Crippen LogP contribution in [0.5, 0.6) is 0 Å². The van der Waals surface area contributed by atoms with E-state index >= 15 is 0 Å². The first-order chi connectivity index (χ1) is 6.74. The number of hydrogen-bond acceptors (Lipinski definition) is 3. The van der Waals surface area contributed by atoms with Gasteiger partial charge < -0.3 is 9.53 Å². The van der Waals surface area contributed by atoms with E-state index in [2.05, 4.69) is 5.10 Å². The van der Waals surface area contributed by atoms with Crippen LogP contribution in [-0.4, -0.2) is 29.3 Å². The van der Waals surface area contributed by atoms with Crippen LogP contribution in [0.1, 0.15) is 12.1 Å². The first-order valence-corrected chi connectivity index (χ1v) is 4.77. The zero-order valence-electron chi connectivity index (χ0n) is 8.27. The third-order valence-corrected chi connectivity index (χ3v) is 2.69. The van der Waals surface area contributed by atoms with E-state index < -0.39 is 0 Å². The Morgan fingerprint density at radius 1 is 1.79 bits per heavy atom. The zero-order chi connectivity index (χ0) is 10.0. The second-order valence-corrected chi connectivity index (χ2v) is 3.94. The molecule has 2 heterocycles. The lowest BCUT2D eigenvalue weighted by atomic mass is 9.84. The largest absolute Gasteiger partial charge is 0.380 e. The summed E-state index contributed by atoms with van der Waals surface area (Å²) in [6.07, 6.45) is 4.42. The Balaban J connectivity index is 2.11. The third kappa shape index (κ3) is 1.70. The molecule has 1 fully saturated rings. The van der Waals surface area contributed by atoms with E-state index in [0.717, 1.165) is 18.4 Å². The molecule has 1 aromatic rings. The maximum atomic E-state index is 11.0. The van der Waals surface area contributed by atoms with Crippen molar-refractivity contribution in [3.05, 3.63) is 18.0 Å². The van der Waals surface area contributed by atoms with Gasteiger partial charge in [0.05, 0.1) is 17.7 Å². The Morgan fingerprint density at radius 2 is 2.64 bits per heavy atom. The molecule has 0 N–H and O–H groups in total. The molecule has 0 spiro atoms. The van der Waals surface area contributed by atoms with Gasteiger partial charge in [-0.1, -0.05) is 0 Å². The summed E-state index contributed by atoms with van der Waals surface area (Å²) in [4.78, 5) is 11.0. The van der Waals surface area contributed by atoms with Gasteiger partial charge in [-0.05, 0) is 12.5 Å². The lowest BCUT2D eigenvalue weighted by Crippen LogP contribution is -2.26. The van der Waals surface area contributed by atoms with Crippen molar-refractivity contribution in [3.63, 3.8) is 0 Å². The van der Waals surface area contributed by atoms with Gasteiger partial charge in [0.25, 0.3) is 0 Å². The molecule has 4 heteroatoms. The summed E-state index contributed by atoms with van der Waals surface area (Å²) in [5.74, 6) is 0. The molecule has 1 atom stereocenters. The molecular weight excluding hydrogens is 180 g/mol. The van der Waals surface area contributed by atoms with E-state index in [1.54, 1.807) is 4.68 Å². The van der Waals surface area contributed by atoms with Crippen LogP contribution >= 0.6 is 0 Å². The highest BCUT2D eigenvalue weighted by molar-refractivity contribution is 5.60. The molecule has 1 aromatic heterocycles. The molecule has 0 bridgehead atoms. The topological polar surface area (TPSA) is 44.1 Å². The molecule has 4 nitrogen and oxygen atoms in total. The molecule has 0 saturated carbocycles. The van der Waals surface area contributed by atoms with Gasteiger partial charge in [-0.25, -0.2) is 0 Å². The van der Waals surface area contributed by atoms with Crippen molar-refractivity contribution in [1.82, 2.24) is 9.78 Å².